The van der Waals surface area contributed by atoms with Crippen LogP contribution in [0.4, 0.5) is 10.1 Å². The van der Waals surface area contributed by atoms with Crippen molar-refractivity contribution in [3.05, 3.63) is 93.1 Å². The summed E-state index contributed by atoms with van der Waals surface area (Å²) in [7, 11) is 0. The molecule has 0 fully saturated rings. The fourth-order valence-electron chi connectivity index (χ4n) is 4.70. The lowest BCUT2D eigenvalue weighted by molar-refractivity contribution is -0.142. The van der Waals surface area contributed by atoms with Crippen LogP contribution in [-0.4, -0.2) is 31.6 Å². The van der Waals surface area contributed by atoms with Crippen molar-refractivity contribution in [2.75, 3.05) is 5.32 Å². The van der Waals surface area contributed by atoms with Crippen LogP contribution in [0.1, 0.15) is 58.2 Å². The van der Waals surface area contributed by atoms with Crippen LogP contribution in [-0.2, 0) is 11.3 Å². The number of halogens is 1. The Labute approximate surface area is 218 Å². The summed E-state index contributed by atoms with van der Waals surface area (Å²) in [5.74, 6) is -0.623. The number of carbonyl (C=O) groups is 1. The highest BCUT2D eigenvalue weighted by molar-refractivity contribution is 7.15. The normalized spacial score (nSPS) is 15.4. The minimum atomic E-state index is -0.902. The summed E-state index contributed by atoms with van der Waals surface area (Å²) in [4.78, 5) is 18.5. The number of benzene rings is 2. The fourth-order valence-corrected chi connectivity index (χ4v) is 5.92. The number of nitrogens with one attached hydrogen (secondary N) is 1. The molecule has 37 heavy (non-hydrogen) atoms. The number of rotatable bonds is 7. The van der Waals surface area contributed by atoms with E-state index in [0.29, 0.717) is 24.6 Å². The van der Waals surface area contributed by atoms with E-state index in [2.05, 4.69) is 29.4 Å². The van der Waals surface area contributed by atoms with E-state index in [0.717, 1.165) is 43.5 Å². The summed E-state index contributed by atoms with van der Waals surface area (Å²) in [5, 5.41) is 23.1. The number of anilines is 1. The second kappa shape index (κ2) is 9.89. The summed E-state index contributed by atoms with van der Waals surface area (Å²) in [6, 6.07) is 13.7. The highest BCUT2D eigenvalue weighted by Crippen LogP contribution is 2.41. The number of aliphatic carboxylic acids is 1. The van der Waals surface area contributed by atoms with Gasteiger partial charge in [0.05, 0.1) is 11.6 Å². The molecule has 2 aromatic heterocycles. The summed E-state index contributed by atoms with van der Waals surface area (Å²) in [5.41, 5.74) is 5.66. The monoisotopic (exact) mass is 517 g/mol. The molecule has 0 saturated carbocycles. The third kappa shape index (κ3) is 4.55. The van der Waals surface area contributed by atoms with Crippen LogP contribution < -0.4 is 5.32 Å². The smallest absolute Gasteiger partial charge is 0.309 e. The molecule has 1 unspecified atom stereocenters. The molecule has 1 aliphatic rings. The van der Waals surface area contributed by atoms with Gasteiger partial charge in [0.1, 0.15) is 22.7 Å². The summed E-state index contributed by atoms with van der Waals surface area (Å²) < 4.78 is 15.2. The van der Waals surface area contributed by atoms with Crippen molar-refractivity contribution in [1.29, 1.82) is 0 Å². The summed E-state index contributed by atoms with van der Waals surface area (Å²) in [6.07, 6.45) is 0.417. The van der Waals surface area contributed by atoms with Crippen LogP contribution in [0.25, 0.3) is 5.00 Å². The Kier molecular flexibility index (Phi) is 6.64. The van der Waals surface area contributed by atoms with E-state index in [1.807, 2.05) is 42.7 Å². The predicted octanol–water partition coefficient (Wildman–Crippen LogP) is 6.01. The molecule has 9 heteroatoms. The number of aliphatic imine (C=N–C) groups is 1. The molecule has 2 atom stereocenters. The molecule has 0 amide bonds. The first-order chi connectivity index (χ1) is 17.8. The number of carboxylic acids is 1. The van der Waals surface area contributed by atoms with Crippen LogP contribution in [0.3, 0.4) is 0 Å². The lowest BCUT2D eigenvalue weighted by Crippen LogP contribution is -2.23. The Bertz CT molecular complexity index is 1490. The molecule has 2 aromatic carbocycles. The van der Waals surface area contributed by atoms with Crippen molar-refractivity contribution >= 4 is 28.7 Å². The number of aromatic nitrogens is 3. The number of carboxylic acid groups (broad SMARTS) is 1. The van der Waals surface area contributed by atoms with E-state index in [4.69, 9.17) is 4.99 Å². The predicted molar refractivity (Wildman–Crippen MR) is 143 cm³/mol. The van der Waals surface area contributed by atoms with Crippen LogP contribution in [0.5, 0.6) is 0 Å². The first-order valence-electron chi connectivity index (χ1n) is 12.2. The lowest BCUT2D eigenvalue weighted by atomic mass is 9.95. The first kappa shape index (κ1) is 24.8. The van der Waals surface area contributed by atoms with Crippen molar-refractivity contribution in [1.82, 2.24) is 14.8 Å². The summed E-state index contributed by atoms with van der Waals surface area (Å²) >= 11 is 1.65. The van der Waals surface area contributed by atoms with Gasteiger partial charge in [0.2, 0.25) is 0 Å². The zero-order chi connectivity index (χ0) is 26.3. The van der Waals surface area contributed by atoms with Gasteiger partial charge in [-0.2, -0.15) is 0 Å². The average molecular weight is 518 g/mol. The van der Waals surface area contributed by atoms with Gasteiger partial charge in [-0.15, -0.1) is 21.5 Å². The van der Waals surface area contributed by atoms with Crippen molar-refractivity contribution in [3.63, 3.8) is 0 Å². The fraction of sp³-hybridized carbons (Fsp3) is 0.286. The Balaban J connectivity index is 1.57. The third-order valence-electron chi connectivity index (χ3n) is 6.90. The van der Waals surface area contributed by atoms with Crippen LogP contribution in [0.2, 0.25) is 0 Å². The Morgan fingerprint density at radius 2 is 1.81 bits per heavy atom. The maximum atomic E-state index is 13.2. The lowest BCUT2D eigenvalue weighted by Gasteiger charge is -2.19. The van der Waals surface area contributed by atoms with Crippen molar-refractivity contribution in [3.8, 4) is 5.00 Å². The second-order valence-electron chi connectivity index (χ2n) is 9.24. The maximum absolute atomic E-state index is 13.2. The van der Waals surface area contributed by atoms with E-state index in [1.165, 1.54) is 12.1 Å². The van der Waals surface area contributed by atoms with E-state index in [9.17, 15) is 14.3 Å². The van der Waals surface area contributed by atoms with Crippen molar-refractivity contribution in [2.24, 2.45) is 10.9 Å². The summed E-state index contributed by atoms with van der Waals surface area (Å²) in [6.45, 7) is 8.47. The third-order valence-corrected chi connectivity index (χ3v) is 8.09. The molecule has 190 valence electrons. The maximum Gasteiger partial charge on any atom is 0.309 e. The standard InChI is InChI=1S/C28H28FN5O2S/c1-5-22(28(35)36)25-26-33-32-17(4)34(26)27-23(15(2)16(3)37-27)24(31-25)19-8-12-21(13-9-19)30-14-18-6-10-20(29)11-7-18/h6-13,22,25,30H,5,14H2,1-4H3,(H,35,36)/t22-,25?/m0/s1. The second-order valence-corrected chi connectivity index (χ2v) is 10.4. The molecule has 0 radical (unpaired) electrons. The van der Waals surface area contributed by atoms with E-state index in [-0.39, 0.29) is 5.82 Å². The number of aryl methyl sites for hydroxylation is 2. The SMILES string of the molecule is CC[C@H](C(=O)O)C1N=C(c2ccc(NCc3ccc(F)cc3)cc2)c2c(sc(C)c2C)-n2c(C)nnc21. The Morgan fingerprint density at radius 3 is 2.46 bits per heavy atom. The van der Waals surface area contributed by atoms with E-state index in [1.54, 1.807) is 23.5 Å². The number of fused-ring (bicyclic) bond motifs is 3. The van der Waals surface area contributed by atoms with E-state index >= 15 is 0 Å². The Morgan fingerprint density at radius 1 is 1.11 bits per heavy atom. The highest BCUT2D eigenvalue weighted by atomic mass is 32.1. The molecular formula is C28H28FN5O2S. The quantitative estimate of drug-likeness (QED) is 0.313. The molecule has 0 saturated heterocycles. The minimum Gasteiger partial charge on any atom is -0.481 e. The van der Waals surface area contributed by atoms with E-state index < -0.39 is 17.9 Å². The van der Waals surface area contributed by atoms with Crippen molar-refractivity contribution < 1.29 is 14.3 Å². The van der Waals surface area contributed by atoms with Crippen LogP contribution in [0, 0.1) is 32.5 Å². The molecule has 5 rings (SSSR count). The number of nitrogens with zero attached hydrogens (tertiary/aromatic N) is 4. The zero-order valence-electron chi connectivity index (χ0n) is 21.1. The number of thiophene rings is 1. The molecular weight excluding hydrogens is 489 g/mol. The van der Waals surface area contributed by atoms with Gasteiger partial charge in [-0.3, -0.25) is 14.4 Å². The molecule has 1 aliphatic heterocycles. The van der Waals surface area contributed by atoms with Gasteiger partial charge in [0.15, 0.2) is 5.82 Å². The van der Waals surface area contributed by atoms with Gasteiger partial charge in [0, 0.05) is 28.2 Å². The van der Waals surface area contributed by atoms with Crippen molar-refractivity contribution in [2.45, 2.75) is 46.7 Å². The molecule has 0 bridgehead atoms. The molecule has 7 nitrogen and oxygen atoms in total. The minimum absolute atomic E-state index is 0.255. The van der Waals surface area contributed by atoms with Gasteiger partial charge in [0.25, 0.3) is 0 Å². The average Bonchev–Trinajstić information content (AvgIpc) is 3.35. The Hall–Kier alpha value is -3.85. The molecule has 0 spiro atoms. The number of hydrogen-bond donors (Lipinski definition) is 2. The first-order valence-corrected chi connectivity index (χ1v) is 13.0. The molecule has 4 aromatic rings. The zero-order valence-corrected chi connectivity index (χ0v) is 21.9. The molecule has 0 aliphatic carbocycles. The van der Waals surface area contributed by atoms with Crippen LogP contribution >= 0.6 is 11.3 Å². The molecule has 2 N–H and O–H groups in total. The van der Waals surface area contributed by atoms with Gasteiger partial charge in [-0.05, 0) is 62.6 Å². The molecule has 3 heterocycles. The largest absolute Gasteiger partial charge is 0.481 e. The van der Waals surface area contributed by atoms with Crippen LogP contribution in [0.15, 0.2) is 53.5 Å². The van der Waals surface area contributed by atoms with Gasteiger partial charge < -0.3 is 10.4 Å². The number of hydrogen-bond acceptors (Lipinski definition) is 6. The highest BCUT2D eigenvalue weighted by Gasteiger charge is 2.37. The van der Waals surface area contributed by atoms with Gasteiger partial charge >= 0.3 is 5.97 Å². The van der Waals surface area contributed by atoms with Gasteiger partial charge in [-0.1, -0.05) is 31.2 Å². The van der Waals surface area contributed by atoms with Gasteiger partial charge in [-0.25, -0.2) is 4.39 Å². The topological polar surface area (TPSA) is 92.4 Å².